The van der Waals surface area contributed by atoms with Gasteiger partial charge in [-0.15, -0.1) is 11.8 Å². The molecule has 0 aromatic heterocycles. The van der Waals surface area contributed by atoms with Crippen LogP contribution >= 0.6 is 27.7 Å². The van der Waals surface area contributed by atoms with Crippen LogP contribution in [0, 0.1) is 11.6 Å². The largest absolute Gasteiger partial charge is 0.480 e. The predicted molar refractivity (Wildman–Crippen MR) is 69.0 cm³/mol. The Bertz CT molecular complexity index is 532. The highest BCUT2D eigenvalue weighted by molar-refractivity contribution is 9.10. The topological polar surface area (TPSA) is 57.6 Å². The molecule has 1 N–H and O–H groups in total. The van der Waals surface area contributed by atoms with Gasteiger partial charge in [-0.3, -0.25) is 4.79 Å². The molecule has 1 fully saturated rings. The second-order valence-electron chi connectivity index (χ2n) is 3.87. The van der Waals surface area contributed by atoms with E-state index < -0.39 is 35.1 Å². The van der Waals surface area contributed by atoms with Crippen molar-refractivity contribution < 1.29 is 23.5 Å². The van der Waals surface area contributed by atoms with E-state index in [1.807, 2.05) is 0 Å². The number of amides is 1. The summed E-state index contributed by atoms with van der Waals surface area (Å²) in [5, 5.41) is 8.96. The van der Waals surface area contributed by atoms with Gasteiger partial charge in [0.05, 0.1) is 5.88 Å². The van der Waals surface area contributed by atoms with Gasteiger partial charge in [-0.05, 0) is 12.1 Å². The zero-order valence-corrected chi connectivity index (χ0v) is 11.8. The van der Waals surface area contributed by atoms with Crippen molar-refractivity contribution in [3.05, 3.63) is 33.8 Å². The molecule has 0 spiro atoms. The molecule has 1 aliphatic rings. The normalized spacial score (nSPS) is 18.7. The van der Waals surface area contributed by atoms with Crippen LogP contribution in [-0.2, 0) is 4.79 Å². The van der Waals surface area contributed by atoms with Crippen molar-refractivity contribution in [2.75, 3.05) is 11.6 Å². The first kappa shape index (κ1) is 14.3. The maximum Gasteiger partial charge on any atom is 0.327 e. The lowest BCUT2D eigenvalue weighted by Gasteiger charge is -2.21. The van der Waals surface area contributed by atoms with Crippen LogP contribution in [0.1, 0.15) is 10.4 Å². The molecule has 4 nitrogen and oxygen atoms in total. The molecule has 1 aliphatic heterocycles. The number of carboxylic acids is 1. The fraction of sp³-hybridized carbons (Fsp3) is 0.273. The van der Waals surface area contributed by atoms with Crippen molar-refractivity contribution in [3.63, 3.8) is 0 Å². The highest BCUT2D eigenvalue weighted by atomic mass is 79.9. The number of nitrogens with zero attached hydrogens (tertiary/aromatic N) is 1. The number of hydrogen-bond acceptors (Lipinski definition) is 3. The minimum absolute atomic E-state index is 0.102. The zero-order valence-electron chi connectivity index (χ0n) is 9.40. The van der Waals surface area contributed by atoms with E-state index in [0.717, 1.165) is 17.0 Å². The lowest BCUT2D eigenvalue weighted by molar-refractivity contribution is -0.140. The minimum Gasteiger partial charge on any atom is -0.480 e. The Morgan fingerprint density at radius 1 is 1.37 bits per heavy atom. The van der Waals surface area contributed by atoms with Gasteiger partial charge in [0.15, 0.2) is 0 Å². The van der Waals surface area contributed by atoms with E-state index in [0.29, 0.717) is 0 Å². The van der Waals surface area contributed by atoms with Gasteiger partial charge in [0, 0.05) is 10.2 Å². The van der Waals surface area contributed by atoms with Crippen molar-refractivity contribution >= 4 is 39.6 Å². The number of carbonyl (C=O) groups is 2. The Hall–Kier alpha value is -1.15. The van der Waals surface area contributed by atoms with Gasteiger partial charge in [0.25, 0.3) is 5.91 Å². The van der Waals surface area contributed by atoms with Gasteiger partial charge in [-0.2, -0.15) is 0 Å². The van der Waals surface area contributed by atoms with Gasteiger partial charge < -0.3 is 10.0 Å². The molecule has 0 aliphatic carbocycles. The van der Waals surface area contributed by atoms with Crippen LogP contribution in [0.4, 0.5) is 8.78 Å². The van der Waals surface area contributed by atoms with Crippen molar-refractivity contribution in [1.82, 2.24) is 4.90 Å². The van der Waals surface area contributed by atoms with Crippen LogP contribution in [0.25, 0.3) is 0 Å². The summed E-state index contributed by atoms with van der Waals surface area (Å²) in [7, 11) is 0. The highest BCUT2D eigenvalue weighted by Crippen LogP contribution is 2.26. The van der Waals surface area contributed by atoms with E-state index in [1.165, 1.54) is 11.8 Å². The Morgan fingerprint density at radius 3 is 2.47 bits per heavy atom. The van der Waals surface area contributed by atoms with Gasteiger partial charge in [0.1, 0.15) is 23.2 Å². The SMILES string of the molecule is O=C(O)[C@@H]1CSCN1C(=O)c1c(F)cc(Br)cc1F. The molecule has 0 bridgehead atoms. The number of rotatable bonds is 2. The third-order valence-corrected chi connectivity index (χ3v) is 4.12. The summed E-state index contributed by atoms with van der Waals surface area (Å²) in [6.45, 7) is 0. The van der Waals surface area contributed by atoms with E-state index in [4.69, 9.17) is 5.11 Å². The van der Waals surface area contributed by atoms with E-state index in [1.54, 1.807) is 0 Å². The first-order chi connectivity index (χ1) is 8.91. The third-order valence-electron chi connectivity index (χ3n) is 2.65. The van der Waals surface area contributed by atoms with E-state index >= 15 is 0 Å². The summed E-state index contributed by atoms with van der Waals surface area (Å²) < 4.78 is 27.5. The van der Waals surface area contributed by atoms with Crippen molar-refractivity contribution in [2.24, 2.45) is 0 Å². The average Bonchev–Trinajstić information content (AvgIpc) is 2.75. The van der Waals surface area contributed by atoms with E-state index in [2.05, 4.69) is 15.9 Å². The molecule has 0 radical (unpaired) electrons. The van der Waals surface area contributed by atoms with Gasteiger partial charge >= 0.3 is 5.97 Å². The Balaban J connectivity index is 2.37. The number of benzene rings is 1. The maximum absolute atomic E-state index is 13.7. The molecule has 102 valence electrons. The molecule has 2 rings (SSSR count). The number of hydrogen-bond donors (Lipinski definition) is 1. The lowest BCUT2D eigenvalue weighted by atomic mass is 10.1. The number of carbonyl (C=O) groups excluding carboxylic acids is 1. The zero-order chi connectivity index (χ0) is 14.2. The molecule has 1 aromatic carbocycles. The number of carboxylic acid groups (broad SMARTS) is 1. The second kappa shape index (κ2) is 5.46. The Kier molecular flexibility index (Phi) is 4.10. The molecule has 1 heterocycles. The highest BCUT2D eigenvalue weighted by Gasteiger charge is 2.37. The smallest absolute Gasteiger partial charge is 0.327 e. The molecular formula is C11H8BrF2NO3S. The monoisotopic (exact) mass is 351 g/mol. The van der Waals surface area contributed by atoms with E-state index in [-0.39, 0.29) is 16.1 Å². The molecule has 1 saturated heterocycles. The first-order valence-corrected chi connectivity index (χ1v) is 7.12. The van der Waals surface area contributed by atoms with Gasteiger partial charge in [-0.25, -0.2) is 13.6 Å². The van der Waals surface area contributed by atoms with Crippen molar-refractivity contribution in [3.8, 4) is 0 Å². The number of aliphatic carboxylic acids is 1. The van der Waals surface area contributed by atoms with Crippen LogP contribution < -0.4 is 0 Å². The molecule has 19 heavy (non-hydrogen) atoms. The minimum atomic E-state index is -1.18. The summed E-state index contributed by atoms with van der Waals surface area (Å²) in [6, 6.07) is 0.880. The van der Waals surface area contributed by atoms with Crippen LogP contribution in [0.5, 0.6) is 0 Å². The predicted octanol–water partition coefficient (Wildman–Crippen LogP) is 2.33. The summed E-state index contributed by atoms with van der Waals surface area (Å²) >= 11 is 4.14. The maximum atomic E-state index is 13.7. The molecule has 1 amide bonds. The molecule has 0 unspecified atom stereocenters. The van der Waals surface area contributed by atoms with Crippen LogP contribution in [-0.4, -0.2) is 39.6 Å². The molecule has 1 atom stereocenters. The first-order valence-electron chi connectivity index (χ1n) is 5.18. The molecule has 8 heteroatoms. The van der Waals surface area contributed by atoms with Crippen LogP contribution in [0.15, 0.2) is 16.6 Å². The van der Waals surface area contributed by atoms with Gasteiger partial charge in [0.2, 0.25) is 0 Å². The van der Waals surface area contributed by atoms with Crippen LogP contribution in [0.3, 0.4) is 0 Å². The van der Waals surface area contributed by atoms with Gasteiger partial charge in [-0.1, -0.05) is 15.9 Å². The average molecular weight is 352 g/mol. The fourth-order valence-corrected chi connectivity index (χ4v) is 3.28. The molecule has 0 saturated carbocycles. The molecule has 1 aromatic rings. The Labute approximate surface area is 119 Å². The number of halogens is 3. The second-order valence-corrected chi connectivity index (χ2v) is 5.79. The summed E-state index contributed by atoms with van der Waals surface area (Å²) in [5.74, 6) is -3.85. The summed E-state index contributed by atoms with van der Waals surface area (Å²) in [6.07, 6.45) is 0. The summed E-state index contributed by atoms with van der Waals surface area (Å²) in [5.41, 5.74) is -0.725. The third kappa shape index (κ3) is 2.74. The quantitative estimate of drug-likeness (QED) is 0.888. The molecular weight excluding hydrogens is 344 g/mol. The Morgan fingerprint density at radius 2 is 1.95 bits per heavy atom. The van der Waals surface area contributed by atoms with Crippen LogP contribution in [0.2, 0.25) is 0 Å². The van der Waals surface area contributed by atoms with Crippen molar-refractivity contribution in [1.29, 1.82) is 0 Å². The fourth-order valence-electron chi connectivity index (χ4n) is 1.74. The summed E-state index contributed by atoms with van der Waals surface area (Å²) in [4.78, 5) is 24.0. The number of thioether (sulfide) groups is 1. The lowest BCUT2D eigenvalue weighted by Crippen LogP contribution is -2.42. The van der Waals surface area contributed by atoms with E-state index in [9.17, 15) is 18.4 Å². The standard InChI is InChI=1S/C11H8BrF2NO3S/c12-5-1-6(13)9(7(14)2-5)10(16)15-4-19-3-8(15)11(17)18/h1-2,8H,3-4H2,(H,17,18)/t8-/m0/s1. The van der Waals surface area contributed by atoms with Crippen molar-refractivity contribution in [2.45, 2.75) is 6.04 Å².